The molecule has 0 aliphatic carbocycles. The van der Waals surface area contributed by atoms with Crippen LogP contribution in [-0.2, 0) is 19.7 Å². The van der Waals surface area contributed by atoms with Crippen LogP contribution in [0, 0.1) is 6.92 Å². The van der Waals surface area contributed by atoms with Crippen molar-refractivity contribution in [1.29, 1.82) is 0 Å². The fraction of sp³-hybridized carbons (Fsp3) is 0.0417. The fourth-order valence-corrected chi connectivity index (χ4v) is 4.81. The van der Waals surface area contributed by atoms with E-state index in [2.05, 4.69) is 37.2 Å². The van der Waals surface area contributed by atoms with Crippen LogP contribution < -0.4 is 14.4 Å². The smallest absolute Gasteiger partial charge is 0.339 e. The molecule has 0 aromatic heterocycles. The summed E-state index contributed by atoms with van der Waals surface area (Å²) in [6, 6.07) is 16.0. The van der Waals surface area contributed by atoms with Gasteiger partial charge in [-0.05, 0) is 67.6 Å². The van der Waals surface area contributed by atoms with Gasteiger partial charge in [0.1, 0.15) is 16.2 Å². The molecule has 35 heavy (non-hydrogen) atoms. The highest BCUT2D eigenvalue weighted by molar-refractivity contribution is 9.10. The molecule has 0 radical (unpaired) electrons. The number of barbiturate groups is 1. The van der Waals surface area contributed by atoms with Crippen LogP contribution in [0.3, 0.4) is 0 Å². The topological polar surface area (TPSA) is 110 Å². The predicted molar refractivity (Wildman–Crippen MR) is 136 cm³/mol. The van der Waals surface area contributed by atoms with E-state index in [0.717, 1.165) is 14.9 Å². The number of urea groups is 1. The number of nitrogens with one attached hydrogen (secondary N) is 1. The first-order chi connectivity index (χ1) is 16.5. The molecule has 178 valence electrons. The molecule has 4 amide bonds. The molecule has 11 heteroatoms. The number of hydrogen-bond donors (Lipinski definition) is 1. The summed E-state index contributed by atoms with van der Waals surface area (Å²) >= 11 is 6.59. The summed E-state index contributed by atoms with van der Waals surface area (Å²) in [5.41, 5.74) is 0.897. The monoisotopic (exact) mass is 618 g/mol. The third kappa shape index (κ3) is 5.37. The van der Waals surface area contributed by atoms with Crippen LogP contribution in [0.25, 0.3) is 6.08 Å². The van der Waals surface area contributed by atoms with Crippen LogP contribution in [0.15, 0.2) is 86.1 Å². The Bertz CT molecular complexity index is 1480. The molecule has 3 aromatic rings. The van der Waals surface area contributed by atoms with Gasteiger partial charge >= 0.3 is 16.1 Å². The molecule has 0 bridgehead atoms. The van der Waals surface area contributed by atoms with E-state index in [1.807, 2.05) is 6.92 Å². The fourth-order valence-electron chi connectivity index (χ4n) is 3.22. The molecule has 1 aliphatic heterocycles. The van der Waals surface area contributed by atoms with Gasteiger partial charge in [-0.1, -0.05) is 49.6 Å². The maximum atomic E-state index is 13.2. The number of benzene rings is 3. The van der Waals surface area contributed by atoms with Crippen molar-refractivity contribution in [3.63, 3.8) is 0 Å². The number of halogens is 2. The summed E-state index contributed by atoms with van der Waals surface area (Å²) in [5, 5.41) is 2.13. The molecule has 3 aromatic carbocycles. The lowest BCUT2D eigenvalue weighted by Crippen LogP contribution is -2.54. The Balaban J connectivity index is 1.74. The number of amides is 4. The van der Waals surface area contributed by atoms with E-state index in [0.29, 0.717) is 4.47 Å². The second-order valence-electron chi connectivity index (χ2n) is 7.47. The Morgan fingerprint density at radius 2 is 1.51 bits per heavy atom. The summed E-state index contributed by atoms with van der Waals surface area (Å²) in [4.78, 5) is 38.9. The van der Waals surface area contributed by atoms with E-state index in [-0.39, 0.29) is 27.5 Å². The summed E-state index contributed by atoms with van der Waals surface area (Å²) in [6.45, 7) is 1.82. The molecule has 0 unspecified atom stereocenters. The number of nitrogens with zero attached hydrogens (tertiary/aromatic N) is 1. The summed E-state index contributed by atoms with van der Waals surface area (Å²) in [7, 11) is -4.20. The van der Waals surface area contributed by atoms with E-state index >= 15 is 0 Å². The summed E-state index contributed by atoms with van der Waals surface area (Å²) in [5.74, 6) is -1.89. The van der Waals surface area contributed by atoms with Gasteiger partial charge in [-0.3, -0.25) is 14.9 Å². The van der Waals surface area contributed by atoms with Crippen LogP contribution in [-0.4, -0.2) is 26.3 Å². The van der Waals surface area contributed by atoms with Crippen LogP contribution in [0.2, 0.25) is 0 Å². The number of imide groups is 2. The first-order valence-electron chi connectivity index (χ1n) is 10.0. The molecule has 0 spiro atoms. The predicted octanol–water partition coefficient (Wildman–Crippen LogP) is 4.95. The number of rotatable bonds is 5. The molecule has 1 fully saturated rings. The zero-order valence-electron chi connectivity index (χ0n) is 18.0. The second-order valence-corrected chi connectivity index (χ2v) is 10.8. The summed E-state index contributed by atoms with van der Waals surface area (Å²) < 4.78 is 32.3. The Morgan fingerprint density at radius 3 is 2.17 bits per heavy atom. The van der Waals surface area contributed by atoms with Gasteiger partial charge in [0.2, 0.25) is 0 Å². The lowest BCUT2D eigenvalue weighted by atomic mass is 10.1. The minimum atomic E-state index is -4.20. The average Bonchev–Trinajstić information content (AvgIpc) is 2.79. The molecule has 1 N–H and O–H groups in total. The number of carbonyl (C=O) groups is 3. The number of anilines is 1. The molecule has 1 aliphatic rings. The Hall–Kier alpha value is -3.28. The van der Waals surface area contributed by atoms with Crippen molar-refractivity contribution in [3.8, 4) is 5.75 Å². The molecule has 0 atom stereocenters. The zero-order valence-corrected chi connectivity index (χ0v) is 22.0. The quantitative estimate of drug-likeness (QED) is 0.246. The van der Waals surface area contributed by atoms with Crippen LogP contribution in [0.1, 0.15) is 11.1 Å². The van der Waals surface area contributed by atoms with Crippen molar-refractivity contribution >= 4 is 71.6 Å². The largest absolute Gasteiger partial charge is 0.378 e. The maximum Gasteiger partial charge on any atom is 0.339 e. The highest BCUT2D eigenvalue weighted by Gasteiger charge is 2.37. The lowest BCUT2D eigenvalue weighted by molar-refractivity contribution is -0.122. The third-order valence-corrected chi connectivity index (χ3v) is 7.24. The van der Waals surface area contributed by atoms with Gasteiger partial charge in [0.05, 0.1) is 5.69 Å². The second kappa shape index (κ2) is 9.76. The number of carbonyl (C=O) groups excluding carboxylic acids is 3. The van der Waals surface area contributed by atoms with Crippen molar-refractivity contribution < 1.29 is 27.0 Å². The highest BCUT2D eigenvalue weighted by atomic mass is 79.9. The van der Waals surface area contributed by atoms with Gasteiger partial charge < -0.3 is 4.18 Å². The SMILES string of the molecule is Cc1ccc(S(=O)(=O)Oc2ccc(Br)cc2/C=C2\C(=O)NC(=O)N(c3ccc(Br)cc3)C2=O)cc1. The Labute approximate surface area is 218 Å². The summed E-state index contributed by atoms with van der Waals surface area (Å²) in [6.07, 6.45) is 1.18. The molecule has 1 heterocycles. The Kier molecular flexibility index (Phi) is 6.93. The number of aryl methyl sites for hydroxylation is 1. The van der Waals surface area contributed by atoms with Crippen LogP contribution in [0.4, 0.5) is 10.5 Å². The van der Waals surface area contributed by atoms with Gasteiger partial charge in [0.15, 0.2) is 0 Å². The Morgan fingerprint density at radius 1 is 0.886 bits per heavy atom. The molecular weight excluding hydrogens is 604 g/mol. The van der Waals surface area contributed by atoms with Gasteiger partial charge in [-0.15, -0.1) is 0 Å². The molecule has 0 saturated carbocycles. The minimum Gasteiger partial charge on any atom is -0.378 e. The van der Waals surface area contributed by atoms with E-state index in [1.54, 1.807) is 30.3 Å². The van der Waals surface area contributed by atoms with E-state index in [9.17, 15) is 22.8 Å². The highest BCUT2D eigenvalue weighted by Crippen LogP contribution is 2.30. The first kappa shape index (κ1) is 24.8. The van der Waals surface area contributed by atoms with E-state index < -0.39 is 28.0 Å². The van der Waals surface area contributed by atoms with Crippen molar-refractivity contribution in [2.24, 2.45) is 0 Å². The van der Waals surface area contributed by atoms with Gasteiger partial charge in [-0.25, -0.2) is 9.69 Å². The number of hydrogen-bond acceptors (Lipinski definition) is 6. The molecule has 8 nitrogen and oxygen atoms in total. The standard InChI is InChI=1S/C24H16Br2N2O6S/c1-14-2-9-19(10-3-14)35(32,33)34-21-11-6-17(26)12-15(21)13-20-22(29)27-24(31)28(23(20)30)18-7-4-16(25)5-8-18/h2-13H,1H3,(H,27,29,31)/b20-13+. The van der Waals surface area contributed by atoms with Gasteiger partial charge in [-0.2, -0.15) is 8.42 Å². The van der Waals surface area contributed by atoms with Crippen molar-refractivity contribution in [2.75, 3.05) is 4.90 Å². The third-order valence-electron chi connectivity index (χ3n) is 4.97. The first-order valence-corrected chi connectivity index (χ1v) is 13.0. The lowest BCUT2D eigenvalue weighted by Gasteiger charge is -2.26. The minimum absolute atomic E-state index is 0.0527. The zero-order chi connectivity index (χ0) is 25.3. The van der Waals surface area contributed by atoms with Crippen molar-refractivity contribution in [3.05, 3.63) is 92.4 Å². The van der Waals surface area contributed by atoms with Gasteiger partial charge in [0, 0.05) is 14.5 Å². The molecule has 1 saturated heterocycles. The van der Waals surface area contributed by atoms with E-state index in [1.165, 1.54) is 42.5 Å². The van der Waals surface area contributed by atoms with Crippen LogP contribution in [0.5, 0.6) is 5.75 Å². The van der Waals surface area contributed by atoms with E-state index in [4.69, 9.17) is 4.18 Å². The molecular formula is C24H16Br2N2O6S. The normalized spacial score (nSPS) is 15.3. The van der Waals surface area contributed by atoms with Gasteiger partial charge in [0.25, 0.3) is 11.8 Å². The average molecular weight is 620 g/mol. The maximum absolute atomic E-state index is 13.2. The van der Waals surface area contributed by atoms with Crippen molar-refractivity contribution in [2.45, 2.75) is 11.8 Å². The van der Waals surface area contributed by atoms with Crippen LogP contribution >= 0.6 is 31.9 Å². The molecule has 4 rings (SSSR count). The van der Waals surface area contributed by atoms with Crippen molar-refractivity contribution in [1.82, 2.24) is 5.32 Å².